The third-order valence-corrected chi connectivity index (χ3v) is 2.32. The molecule has 0 spiro atoms. The van der Waals surface area contributed by atoms with Crippen molar-refractivity contribution in [1.29, 1.82) is 0 Å². The fraction of sp³-hybridized carbons (Fsp3) is 0.200. The van der Waals surface area contributed by atoms with E-state index in [0.717, 1.165) is 17.1 Å². The van der Waals surface area contributed by atoms with Crippen LogP contribution in [0.1, 0.15) is 11.4 Å². The summed E-state index contributed by atoms with van der Waals surface area (Å²) in [6.07, 6.45) is 1.52. The summed E-state index contributed by atoms with van der Waals surface area (Å²) in [5, 5.41) is 4.14. The molecule has 0 bridgehead atoms. The Morgan fingerprint density at radius 2 is 2.14 bits per heavy atom. The van der Waals surface area contributed by atoms with E-state index in [4.69, 9.17) is 11.6 Å². The molecule has 1 heterocycles. The lowest BCUT2D eigenvalue weighted by Crippen LogP contribution is -2.02. The first-order chi connectivity index (χ1) is 6.83. The van der Waals surface area contributed by atoms with Crippen LogP contribution in [0, 0.1) is 6.92 Å². The Bertz CT molecular complexity index is 436. The van der Waals surface area contributed by atoms with Gasteiger partial charge >= 0.3 is 0 Å². The molecule has 0 fully saturated rings. The number of hydrogen-bond donors (Lipinski definition) is 0. The minimum atomic E-state index is 0.369. The van der Waals surface area contributed by atoms with Crippen molar-refractivity contribution in [2.45, 2.75) is 12.8 Å². The molecular weight excluding hydrogens is 198 g/mol. The number of rotatable bonds is 2. The predicted molar refractivity (Wildman–Crippen MR) is 55.7 cm³/mol. The largest absolute Gasteiger partial charge is 0.218 e. The van der Waals surface area contributed by atoms with E-state index >= 15 is 0 Å². The molecule has 3 nitrogen and oxygen atoms in total. The first kappa shape index (κ1) is 9.21. The smallest absolute Gasteiger partial charge is 0.147 e. The molecule has 0 radical (unpaired) electrons. The maximum absolute atomic E-state index is 5.75. The third-order valence-electron chi connectivity index (χ3n) is 2.08. The van der Waals surface area contributed by atoms with Crippen LogP contribution >= 0.6 is 11.6 Å². The molecule has 1 aromatic carbocycles. The van der Waals surface area contributed by atoms with E-state index in [-0.39, 0.29) is 0 Å². The quantitative estimate of drug-likeness (QED) is 0.708. The second kappa shape index (κ2) is 3.80. The molecule has 0 saturated carbocycles. The van der Waals surface area contributed by atoms with Crippen LogP contribution < -0.4 is 0 Å². The molecule has 72 valence electrons. The summed E-state index contributed by atoms with van der Waals surface area (Å²) in [5.74, 6) is 1.13. The summed E-state index contributed by atoms with van der Waals surface area (Å²) in [5.41, 5.74) is 2.19. The fourth-order valence-corrected chi connectivity index (χ4v) is 1.54. The zero-order chi connectivity index (χ0) is 9.97. The maximum atomic E-state index is 5.75. The normalized spacial score (nSPS) is 10.4. The molecule has 1 aromatic heterocycles. The summed E-state index contributed by atoms with van der Waals surface area (Å²) in [7, 11) is 0. The van der Waals surface area contributed by atoms with Gasteiger partial charge < -0.3 is 0 Å². The van der Waals surface area contributed by atoms with Gasteiger partial charge in [-0.1, -0.05) is 18.2 Å². The van der Waals surface area contributed by atoms with Gasteiger partial charge in [0, 0.05) is 0 Å². The second-order valence-corrected chi connectivity index (χ2v) is 3.28. The van der Waals surface area contributed by atoms with Gasteiger partial charge in [0.15, 0.2) is 0 Å². The summed E-state index contributed by atoms with van der Waals surface area (Å²) in [4.78, 5) is 4.07. The topological polar surface area (TPSA) is 30.7 Å². The number of para-hydroxylation sites is 1. The molecule has 4 heteroatoms. The Hall–Kier alpha value is -1.35. The Balaban J connectivity index is 2.54. The van der Waals surface area contributed by atoms with Crippen molar-refractivity contribution in [2.24, 2.45) is 0 Å². The lowest BCUT2D eigenvalue weighted by atomic mass is 10.2. The Morgan fingerprint density at radius 1 is 1.36 bits per heavy atom. The average Bonchev–Trinajstić information content (AvgIpc) is 2.66. The van der Waals surface area contributed by atoms with Crippen LogP contribution in [0.3, 0.4) is 0 Å². The number of benzene rings is 1. The molecule has 2 aromatic rings. The van der Waals surface area contributed by atoms with Crippen molar-refractivity contribution >= 4 is 11.6 Å². The number of aryl methyl sites for hydroxylation is 1. The van der Waals surface area contributed by atoms with Crippen LogP contribution in [0.5, 0.6) is 0 Å². The van der Waals surface area contributed by atoms with Gasteiger partial charge in [-0.25, -0.2) is 9.67 Å². The zero-order valence-electron chi connectivity index (χ0n) is 7.81. The summed E-state index contributed by atoms with van der Waals surface area (Å²) in [6.45, 7) is 2.04. The highest BCUT2D eigenvalue weighted by Crippen LogP contribution is 2.14. The van der Waals surface area contributed by atoms with E-state index in [9.17, 15) is 0 Å². The molecule has 0 unspecified atom stereocenters. The first-order valence-corrected chi connectivity index (χ1v) is 4.87. The molecule has 0 aliphatic rings. The van der Waals surface area contributed by atoms with Gasteiger partial charge in [-0.05, 0) is 18.6 Å². The van der Waals surface area contributed by atoms with E-state index < -0.39 is 0 Å². The van der Waals surface area contributed by atoms with Gasteiger partial charge in [0.05, 0.1) is 11.6 Å². The fourth-order valence-electron chi connectivity index (χ4n) is 1.36. The average molecular weight is 208 g/mol. The van der Waals surface area contributed by atoms with Crippen molar-refractivity contribution in [2.75, 3.05) is 0 Å². The molecule has 14 heavy (non-hydrogen) atoms. The SMILES string of the molecule is Cc1ccccc1-n1ncnc1CCl. The lowest BCUT2D eigenvalue weighted by Gasteiger charge is -2.06. The van der Waals surface area contributed by atoms with E-state index in [1.165, 1.54) is 6.33 Å². The van der Waals surface area contributed by atoms with Gasteiger partial charge in [0.1, 0.15) is 12.2 Å². The van der Waals surface area contributed by atoms with Gasteiger partial charge in [-0.3, -0.25) is 0 Å². The van der Waals surface area contributed by atoms with Crippen LogP contribution in [0.25, 0.3) is 5.69 Å². The van der Waals surface area contributed by atoms with E-state index in [0.29, 0.717) is 5.88 Å². The van der Waals surface area contributed by atoms with Gasteiger partial charge in [-0.2, -0.15) is 5.10 Å². The van der Waals surface area contributed by atoms with E-state index in [1.807, 2.05) is 31.2 Å². The molecule has 0 saturated heterocycles. The summed E-state index contributed by atoms with van der Waals surface area (Å²) >= 11 is 5.75. The third kappa shape index (κ3) is 1.51. The minimum absolute atomic E-state index is 0.369. The molecular formula is C10H10ClN3. The number of alkyl halides is 1. The van der Waals surface area contributed by atoms with Crippen molar-refractivity contribution in [3.63, 3.8) is 0 Å². The molecule has 0 N–H and O–H groups in total. The monoisotopic (exact) mass is 207 g/mol. The van der Waals surface area contributed by atoms with E-state index in [1.54, 1.807) is 4.68 Å². The van der Waals surface area contributed by atoms with Crippen LogP contribution in [-0.4, -0.2) is 14.8 Å². The van der Waals surface area contributed by atoms with Gasteiger partial charge in [0.25, 0.3) is 0 Å². The van der Waals surface area contributed by atoms with Crippen molar-refractivity contribution in [3.05, 3.63) is 42.0 Å². The Labute approximate surface area is 87.3 Å². The molecule has 0 atom stereocenters. The molecule has 0 aliphatic carbocycles. The number of hydrogen-bond acceptors (Lipinski definition) is 2. The lowest BCUT2D eigenvalue weighted by molar-refractivity contribution is 0.826. The highest BCUT2D eigenvalue weighted by molar-refractivity contribution is 6.16. The highest BCUT2D eigenvalue weighted by atomic mass is 35.5. The standard InChI is InChI=1S/C10H10ClN3/c1-8-4-2-3-5-9(8)14-10(6-11)12-7-13-14/h2-5,7H,6H2,1H3. The summed E-state index contributed by atoms with van der Waals surface area (Å²) < 4.78 is 1.77. The summed E-state index contributed by atoms with van der Waals surface area (Å²) in [6, 6.07) is 8.01. The van der Waals surface area contributed by atoms with Crippen LogP contribution in [0.15, 0.2) is 30.6 Å². The maximum Gasteiger partial charge on any atom is 0.147 e. The van der Waals surface area contributed by atoms with Crippen molar-refractivity contribution < 1.29 is 0 Å². The Morgan fingerprint density at radius 3 is 2.86 bits per heavy atom. The molecule has 0 amide bonds. The minimum Gasteiger partial charge on any atom is -0.218 e. The highest BCUT2D eigenvalue weighted by Gasteiger charge is 2.06. The first-order valence-electron chi connectivity index (χ1n) is 4.34. The molecule has 0 aliphatic heterocycles. The van der Waals surface area contributed by atoms with E-state index in [2.05, 4.69) is 10.1 Å². The zero-order valence-corrected chi connectivity index (χ0v) is 8.57. The van der Waals surface area contributed by atoms with Gasteiger partial charge in [0.2, 0.25) is 0 Å². The number of halogens is 1. The second-order valence-electron chi connectivity index (χ2n) is 3.01. The van der Waals surface area contributed by atoms with Crippen LogP contribution in [0.4, 0.5) is 0 Å². The van der Waals surface area contributed by atoms with Crippen LogP contribution in [-0.2, 0) is 5.88 Å². The number of nitrogens with zero attached hydrogens (tertiary/aromatic N) is 3. The number of aromatic nitrogens is 3. The van der Waals surface area contributed by atoms with Gasteiger partial charge in [-0.15, -0.1) is 11.6 Å². The van der Waals surface area contributed by atoms with Crippen molar-refractivity contribution in [3.8, 4) is 5.69 Å². The molecule has 2 rings (SSSR count). The predicted octanol–water partition coefficient (Wildman–Crippen LogP) is 2.31. The van der Waals surface area contributed by atoms with Crippen molar-refractivity contribution in [1.82, 2.24) is 14.8 Å². The van der Waals surface area contributed by atoms with Crippen LogP contribution in [0.2, 0.25) is 0 Å². The Kier molecular flexibility index (Phi) is 2.50.